The van der Waals surface area contributed by atoms with Crippen LogP contribution in [0.4, 0.5) is 0 Å². The number of ether oxygens (including phenoxy) is 1. The van der Waals surface area contributed by atoms with Crippen LogP contribution in [0.3, 0.4) is 0 Å². The Balaban J connectivity index is 0.00000288. The van der Waals surface area contributed by atoms with Crippen LogP contribution in [0.25, 0.3) is 10.6 Å². The molecular weight excluding hydrogens is 414 g/mol. The van der Waals surface area contributed by atoms with E-state index in [1.165, 1.54) is 7.11 Å². The molecule has 2 unspecified atom stereocenters. The number of methoxy groups -OCH3 is 1. The van der Waals surface area contributed by atoms with Gasteiger partial charge in [0.25, 0.3) is 0 Å². The van der Waals surface area contributed by atoms with E-state index in [1.54, 1.807) is 11.3 Å². The summed E-state index contributed by atoms with van der Waals surface area (Å²) < 4.78 is 5.94. The maximum Gasteiger partial charge on any atom is 0.239 e. The Hall–Kier alpha value is -0.990. The van der Waals surface area contributed by atoms with Crippen molar-refractivity contribution in [3.8, 4) is 10.6 Å². The molecule has 3 N–H and O–H groups in total. The van der Waals surface area contributed by atoms with E-state index in [9.17, 15) is 4.79 Å². The van der Waals surface area contributed by atoms with Gasteiger partial charge in [-0.25, -0.2) is 4.98 Å². The van der Waals surface area contributed by atoms with Crippen LogP contribution in [0, 0.1) is 6.92 Å². The molecule has 0 saturated carbocycles. The van der Waals surface area contributed by atoms with E-state index in [4.69, 9.17) is 10.5 Å². The molecule has 1 aromatic heterocycles. The lowest BCUT2D eigenvalue weighted by Crippen LogP contribution is -2.44. The van der Waals surface area contributed by atoms with Gasteiger partial charge in [0.15, 0.2) is 0 Å². The number of halogens is 2. The molecule has 1 amide bonds. The Labute approximate surface area is 160 Å². The number of carbonyl (C=O) groups excluding carboxylic acids is 1. The number of nitrogens with zero attached hydrogens (tertiary/aromatic N) is 1. The largest absolute Gasteiger partial charge is 0.383 e. The van der Waals surface area contributed by atoms with Crippen molar-refractivity contribution in [2.24, 2.45) is 5.73 Å². The number of benzene rings is 1. The van der Waals surface area contributed by atoms with E-state index in [0.717, 1.165) is 25.6 Å². The van der Waals surface area contributed by atoms with Gasteiger partial charge in [-0.15, -0.1) is 23.7 Å². The fourth-order valence-corrected chi connectivity index (χ4v) is 3.51. The molecule has 0 radical (unpaired) electrons. The smallest absolute Gasteiger partial charge is 0.239 e. The van der Waals surface area contributed by atoms with Crippen LogP contribution in [-0.2, 0) is 9.53 Å². The van der Waals surface area contributed by atoms with Gasteiger partial charge < -0.3 is 15.8 Å². The second-order valence-electron chi connectivity index (χ2n) is 5.27. The number of thiazole rings is 1. The lowest BCUT2D eigenvalue weighted by Gasteiger charge is -2.16. The average Bonchev–Trinajstić information content (AvgIpc) is 2.90. The third-order valence-electron chi connectivity index (χ3n) is 3.36. The number of hydrogen-bond acceptors (Lipinski definition) is 5. The molecule has 24 heavy (non-hydrogen) atoms. The van der Waals surface area contributed by atoms with Crippen LogP contribution in [0.15, 0.2) is 28.7 Å². The van der Waals surface area contributed by atoms with Crippen molar-refractivity contribution in [1.82, 2.24) is 10.3 Å². The molecule has 1 heterocycles. The highest BCUT2D eigenvalue weighted by Gasteiger charge is 2.20. The van der Waals surface area contributed by atoms with Gasteiger partial charge in [-0.2, -0.15) is 0 Å². The predicted molar refractivity (Wildman–Crippen MR) is 104 cm³/mol. The molecule has 0 saturated heterocycles. The maximum absolute atomic E-state index is 12.0. The number of amides is 1. The Kier molecular flexibility index (Phi) is 8.32. The van der Waals surface area contributed by atoms with E-state index in [2.05, 4.69) is 26.2 Å². The Bertz CT molecular complexity index is 678. The molecule has 0 fully saturated rings. The van der Waals surface area contributed by atoms with Crippen LogP contribution in [0.5, 0.6) is 0 Å². The quantitative estimate of drug-likeness (QED) is 0.730. The summed E-state index contributed by atoms with van der Waals surface area (Å²) in [5, 5.41) is 3.85. The summed E-state index contributed by atoms with van der Waals surface area (Å²) in [6, 6.07) is 7.20. The molecule has 8 heteroatoms. The highest BCUT2D eigenvalue weighted by molar-refractivity contribution is 9.10. The summed E-state index contributed by atoms with van der Waals surface area (Å²) in [7, 11) is 1.52. The minimum Gasteiger partial charge on any atom is -0.383 e. The van der Waals surface area contributed by atoms with Crippen molar-refractivity contribution in [2.75, 3.05) is 13.7 Å². The molecule has 0 aliphatic rings. The van der Waals surface area contributed by atoms with Crippen molar-refractivity contribution in [1.29, 1.82) is 0 Å². The molecule has 0 bridgehead atoms. The molecule has 5 nitrogen and oxygen atoms in total. The molecule has 132 valence electrons. The topological polar surface area (TPSA) is 77.2 Å². The van der Waals surface area contributed by atoms with E-state index in [-0.39, 0.29) is 31.0 Å². The first-order chi connectivity index (χ1) is 10.9. The van der Waals surface area contributed by atoms with Gasteiger partial charge in [-0.05, 0) is 26.0 Å². The first kappa shape index (κ1) is 21.1. The molecule has 0 aliphatic heterocycles. The monoisotopic (exact) mass is 433 g/mol. The maximum atomic E-state index is 12.0. The molecule has 1 aromatic carbocycles. The van der Waals surface area contributed by atoms with Gasteiger partial charge >= 0.3 is 0 Å². The fourth-order valence-electron chi connectivity index (χ4n) is 2.17. The highest BCUT2D eigenvalue weighted by atomic mass is 79.9. The first-order valence-electron chi connectivity index (χ1n) is 7.20. The zero-order valence-corrected chi connectivity index (χ0v) is 16.9. The summed E-state index contributed by atoms with van der Waals surface area (Å²) in [6.07, 6.45) is 0. The number of rotatable bonds is 6. The van der Waals surface area contributed by atoms with Crippen LogP contribution in [0.1, 0.15) is 23.5 Å². The SMILES string of the molecule is COCC(N)C(=O)NC(C)c1sc(-c2ccc(Br)cc2)nc1C.Cl. The zero-order chi connectivity index (χ0) is 17.0. The predicted octanol–water partition coefficient (Wildman–Crippen LogP) is 3.45. The second-order valence-corrected chi connectivity index (χ2v) is 7.21. The van der Waals surface area contributed by atoms with Crippen LogP contribution >= 0.6 is 39.7 Å². The molecule has 0 aliphatic carbocycles. The standard InChI is InChI=1S/C16H20BrN3O2S.ClH/c1-9(19-15(21)13(18)8-22-3)14-10(2)20-16(23-14)11-4-6-12(17)7-5-11;/h4-7,9,13H,8,18H2,1-3H3,(H,19,21);1H. The van der Waals surface area contributed by atoms with Crippen molar-refractivity contribution in [3.63, 3.8) is 0 Å². The molecule has 2 atom stereocenters. The van der Waals surface area contributed by atoms with Gasteiger partial charge in [-0.3, -0.25) is 4.79 Å². The average molecular weight is 435 g/mol. The summed E-state index contributed by atoms with van der Waals surface area (Å²) in [6.45, 7) is 4.08. The number of hydrogen-bond donors (Lipinski definition) is 2. The van der Waals surface area contributed by atoms with Crippen molar-refractivity contribution in [3.05, 3.63) is 39.3 Å². The number of aromatic nitrogens is 1. The minimum absolute atomic E-state index is 0. The first-order valence-corrected chi connectivity index (χ1v) is 8.81. The lowest BCUT2D eigenvalue weighted by atomic mass is 10.2. The van der Waals surface area contributed by atoms with Gasteiger partial charge in [0.1, 0.15) is 11.0 Å². The summed E-state index contributed by atoms with van der Waals surface area (Å²) >= 11 is 5.01. The van der Waals surface area contributed by atoms with Gasteiger partial charge in [-0.1, -0.05) is 28.1 Å². The summed E-state index contributed by atoms with van der Waals surface area (Å²) in [5.41, 5.74) is 7.72. The molecule has 2 aromatic rings. The Morgan fingerprint density at radius 3 is 2.62 bits per heavy atom. The number of carbonyl (C=O) groups is 1. The Morgan fingerprint density at radius 2 is 2.04 bits per heavy atom. The zero-order valence-electron chi connectivity index (χ0n) is 13.7. The molecule has 0 spiro atoms. The van der Waals surface area contributed by atoms with Crippen molar-refractivity contribution in [2.45, 2.75) is 25.9 Å². The lowest BCUT2D eigenvalue weighted by molar-refractivity contribution is -0.124. The highest BCUT2D eigenvalue weighted by Crippen LogP contribution is 2.32. The molecule has 2 rings (SSSR count). The number of nitrogens with one attached hydrogen (secondary N) is 1. The van der Waals surface area contributed by atoms with Crippen LogP contribution < -0.4 is 11.1 Å². The number of nitrogens with two attached hydrogens (primary N) is 1. The van der Waals surface area contributed by atoms with Gasteiger partial charge in [0, 0.05) is 17.1 Å². The third kappa shape index (κ3) is 5.26. The van der Waals surface area contributed by atoms with Crippen LogP contribution in [0.2, 0.25) is 0 Å². The van der Waals surface area contributed by atoms with Crippen LogP contribution in [-0.4, -0.2) is 30.6 Å². The minimum atomic E-state index is -0.665. The van der Waals surface area contributed by atoms with E-state index >= 15 is 0 Å². The Morgan fingerprint density at radius 1 is 1.42 bits per heavy atom. The summed E-state index contributed by atoms with van der Waals surface area (Å²) in [4.78, 5) is 17.6. The van der Waals surface area contributed by atoms with Crippen molar-refractivity contribution < 1.29 is 9.53 Å². The van der Waals surface area contributed by atoms with E-state index in [1.807, 2.05) is 38.1 Å². The van der Waals surface area contributed by atoms with Crippen molar-refractivity contribution >= 4 is 45.6 Å². The van der Waals surface area contributed by atoms with E-state index in [0.29, 0.717) is 0 Å². The molecular formula is C16H21BrClN3O2S. The second kappa shape index (κ2) is 9.48. The normalized spacial score (nSPS) is 13.0. The van der Waals surface area contributed by atoms with E-state index < -0.39 is 6.04 Å². The fraction of sp³-hybridized carbons (Fsp3) is 0.375. The van der Waals surface area contributed by atoms with Gasteiger partial charge in [0.2, 0.25) is 5.91 Å². The third-order valence-corrected chi connectivity index (χ3v) is 5.28. The summed E-state index contributed by atoms with van der Waals surface area (Å²) in [5.74, 6) is -0.225. The van der Waals surface area contributed by atoms with Gasteiger partial charge in [0.05, 0.1) is 23.2 Å². The number of aryl methyl sites for hydroxylation is 1.